The van der Waals surface area contributed by atoms with Gasteiger partial charge >= 0.3 is 18.1 Å². The van der Waals surface area contributed by atoms with Crippen LogP contribution in [-0.2, 0) is 14.3 Å². The monoisotopic (exact) mass is 309 g/mol. The summed E-state index contributed by atoms with van der Waals surface area (Å²) in [7, 11) is 0. The second-order valence-corrected chi connectivity index (χ2v) is 6.71. The van der Waals surface area contributed by atoms with E-state index in [0.717, 1.165) is 12.8 Å². The lowest BCUT2D eigenvalue weighted by atomic mass is 9.78. The average molecular weight is 309 g/mol. The first-order valence-electron chi connectivity index (χ1n) is 6.96. The van der Waals surface area contributed by atoms with Crippen molar-refractivity contribution < 1.29 is 27.5 Å². The van der Waals surface area contributed by atoms with E-state index in [0.29, 0.717) is 6.54 Å². The number of halogens is 3. The van der Waals surface area contributed by atoms with Crippen molar-refractivity contribution >= 4 is 11.9 Å². The maximum atomic E-state index is 12.1. The van der Waals surface area contributed by atoms with Gasteiger partial charge in [0.25, 0.3) is 0 Å². The fraction of sp³-hybridized carbons (Fsp3) is 0.857. The van der Waals surface area contributed by atoms with Gasteiger partial charge in [0.2, 0.25) is 0 Å². The molecular weight excluding hydrogens is 287 g/mol. The molecule has 1 saturated heterocycles. The van der Waals surface area contributed by atoms with Crippen LogP contribution in [0.4, 0.5) is 13.2 Å². The summed E-state index contributed by atoms with van der Waals surface area (Å²) in [6, 6.07) is -0.181. The molecular formula is C14H22F3NO3. The van der Waals surface area contributed by atoms with Crippen LogP contribution in [-0.4, -0.2) is 42.1 Å². The number of piperidine rings is 1. The first kappa shape index (κ1) is 17.8. The van der Waals surface area contributed by atoms with E-state index in [1.54, 1.807) is 0 Å². The Morgan fingerprint density at radius 1 is 1.19 bits per heavy atom. The normalized spacial score (nSPS) is 23.9. The summed E-state index contributed by atoms with van der Waals surface area (Å²) in [5.74, 6) is -2.20. The van der Waals surface area contributed by atoms with Crippen molar-refractivity contribution in [1.29, 1.82) is 0 Å². The lowest BCUT2D eigenvalue weighted by Gasteiger charge is -2.44. The van der Waals surface area contributed by atoms with Crippen LogP contribution >= 0.6 is 0 Å². The highest BCUT2D eigenvalue weighted by Crippen LogP contribution is 2.33. The topological polar surface area (TPSA) is 46.6 Å². The Bertz CT molecular complexity index is 401. The molecule has 1 aliphatic heterocycles. The van der Waals surface area contributed by atoms with E-state index < -0.39 is 24.7 Å². The van der Waals surface area contributed by atoms with E-state index in [-0.39, 0.29) is 17.4 Å². The van der Waals surface area contributed by atoms with Gasteiger partial charge in [-0.15, -0.1) is 0 Å². The molecule has 122 valence electrons. The maximum absolute atomic E-state index is 12.1. The van der Waals surface area contributed by atoms with E-state index in [9.17, 15) is 22.8 Å². The zero-order valence-electron chi connectivity index (χ0n) is 12.8. The quantitative estimate of drug-likeness (QED) is 0.553. The molecule has 0 saturated carbocycles. The van der Waals surface area contributed by atoms with Crippen LogP contribution in [0, 0.1) is 11.3 Å². The van der Waals surface area contributed by atoms with Crippen molar-refractivity contribution in [3.63, 3.8) is 0 Å². The lowest BCUT2D eigenvalue weighted by molar-refractivity contribution is -0.190. The highest BCUT2D eigenvalue weighted by atomic mass is 19.4. The fourth-order valence-electron chi connectivity index (χ4n) is 2.60. The highest BCUT2D eigenvalue weighted by molar-refractivity contribution is 6.32. The molecule has 0 aromatic carbocycles. The van der Waals surface area contributed by atoms with Crippen molar-refractivity contribution in [2.24, 2.45) is 11.3 Å². The second kappa shape index (κ2) is 6.23. The molecule has 1 fully saturated rings. The van der Waals surface area contributed by atoms with Crippen molar-refractivity contribution in [3.05, 3.63) is 0 Å². The molecule has 1 amide bonds. The Labute approximate surface area is 122 Å². The molecule has 0 aromatic heterocycles. The average Bonchev–Trinajstić information content (AvgIpc) is 2.32. The molecule has 0 spiro atoms. The smallest absolute Gasteiger partial charge is 0.422 e. The van der Waals surface area contributed by atoms with Gasteiger partial charge in [0.15, 0.2) is 6.61 Å². The summed E-state index contributed by atoms with van der Waals surface area (Å²) in [6.45, 7) is 6.39. The van der Waals surface area contributed by atoms with Crippen LogP contribution in [0.3, 0.4) is 0 Å². The van der Waals surface area contributed by atoms with E-state index in [4.69, 9.17) is 0 Å². The van der Waals surface area contributed by atoms with Crippen LogP contribution in [0.25, 0.3) is 0 Å². The Balaban J connectivity index is 2.78. The number of amides is 1. The van der Waals surface area contributed by atoms with Crippen molar-refractivity contribution in [2.75, 3.05) is 13.2 Å². The largest absolute Gasteiger partial charge is 0.449 e. The van der Waals surface area contributed by atoms with E-state index in [1.165, 1.54) is 4.90 Å². The van der Waals surface area contributed by atoms with Crippen LogP contribution in [0.15, 0.2) is 0 Å². The van der Waals surface area contributed by atoms with E-state index >= 15 is 0 Å². The molecule has 1 aliphatic rings. The Hall–Kier alpha value is -1.27. The summed E-state index contributed by atoms with van der Waals surface area (Å²) >= 11 is 0. The third-order valence-corrected chi connectivity index (χ3v) is 3.62. The van der Waals surface area contributed by atoms with Crippen LogP contribution in [0.2, 0.25) is 0 Å². The zero-order chi connectivity index (χ0) is 16.4. The van der Waals surface area contributed by atoms with Gasteiger partial charge in [0.1, 0.15) is 0 Å². The number of hydrogen-bond acceptors (Lipinski definition) is 3. The Morgan fingerprint density at radius 2 is 1.76 bits per heavy atom. The van der Waals surface area contributed by atoms with Gasteiger partial charge in [0.05, 0.1) is 0 Å². The number of carbonyl (C=O) groups is 2. The van der Waals surface area contributed by atoms with Crippen molar-refractivity contribution in [3.8, 4) is 0 Å². The van der Waals surface area contributed by atoms with Crippen molar-refractivity contribution in [2.45, 2.75) is 52.8 Å². The van der Waals surface area contributed by atoms with Gasteiger partial charge in [-0.3, -0.25) is 4.79 Å². The summed E-state index contributed by atoms with van der Waals surface area (Å²) in [6.07, 6.45) is -2.99. The Kier molecular flexibility index (Phi) is 5.28. The van der Waals surface area contributed by atoms with Gasteiger partial charge in [-0.05, 0) is 24.2 Å². The van der Waals surface area contributed by atoms with Gasteiger partial charge in [0, 0.05) is 12.6 Å². The zero-order valence-corrected chi connectivity index (χ0v) is 12.8. The molecule has 2 atom stereocenters. The SMILES string of the molecule is CC1CCC(C(C)(C)C)N(C(=O)C(=O)OCC(F)(F)F)C1. The summed E-state index contributed by atoms with van der Waals surface area (Å²) < 4.78 is 40.2. The first-order valence-corrected chi connectivity index (χ1v) is 6.96. The molecule has 1 heterocycles. The minimum atomic E-state index is -4.63. The number of carbonyl (C=O) groups excluding carboxylic acids is 2. The Morgan fingerprint density at radius 3 is 2.24 bits per heavy atom. The predicted molar refractivity (Wildman–Crippen MR) is 70.4 cm³/mol. The third-order valence-electron chi connectivity index (χ3n) is 3.62. The summed E-state index contributed by atoms with van der Waals surface area (Å²) in [5, 5.41) is 0. The van der Waals surface area contributed by atoms with Gasteiger partial charge in [-0.25, -0.2) is 4.79 Å². The molecule has 21 heavy (non-hydrogen) atoms. The number of ether oxygens (including phenoxy) is 1. The molecule has 0 bridgehead atoms. The van der Waals surface area contributed by atoms with Crippen LogP contribution in [0.1, 0.15) is 40.5 Å². The summed E-state index contributed by atoms with van der Waals surface area (Å²) in [4.78, 5) is 25.0. The number of likely N-dealkylation sites (tertiary alicyclic amines) is 1. The van der Waals surface area contributed by atoms with Gasteiger partial charge < -0.3 is 9.64 Å². The fourth-order valence-corrected chi connectivity index (χ4v) is 2.60. The molecule has 2 unspecified atom stereocenters. The maximum Gasteiger partial charge on any atom is 0.422 e. The van der Waals surface area contributed by atoms with E-state index in [2.05, 4.69) is 4.74 Å². The molecule has 7 heteroatoms. The van der Waals surface area contributed by atoms with Gasteiger partial charge in [-0.2, -0.15) is 13.2 Å². The van der Waals surface area contributed by atoms with Crippen LogP contribution < -0.4 is 0 Å². The van der Waals surface area contributed by atoms with E-state index in [1.807, 2.05) is 27.7 Å². The number of alkyl halides is 3. The first-order chi connectivity index (χ1) is 9.42. The highest BCUT2D eigenvalue weighted by Gasteiger charge is 2.40. The minimum Gasteiger partial charge on any atom is -0.449 e. The summed E-state index contributed by atoms with van der Waals surface area (Å²) in [5.41, 5.74) is -0.250. The number of hydrogen-bond donors (Lipinski definition) is 0. The van der Waals surface area contributed by atoms with Crippen molar-refractivity contribution in [1.82, 2.24) is 4.90 Å². The predicted octanol–water partition coefficient (Wildman–Crippen LogP) is 2.77. The standard InChI is InChI=1S/C14H22F3NO3/c1-9-5-6-10(13(2,3)4)18(7-9)11(19)12(20)21-8-14(15,16)17/h9-10H,5-8H2,1-4H3. The molecule has 0 radical (unpaired) electrons. The number of rotatable bonds is 1. The second-order valence-electron chi connectivity index (χ2n) is 6.71. The molecule has 1 rings (SSSR count). The van der Waals surface area contributed by atoms with Gasteiger partial charge in [-0.1, -0.05) is 27.7 Å². The minimum absolute atomic E-state index is 0.181. The molecule has 0 aromatic rings. The number of nitrogens with zero attached hydrogens (tertiary/aromatic N) is 1. The molecule has 4 nitrogen and oxygen atoms in total. The third kappa shape index (κ3) is 5.21. The van der Waals surface area contributed by atoms with Crippen LogP contribution in [0.5, 0.6) is 0 Å². The number of esters is 1. The molecule has 0 N–H and O–H groups in total. The molecule has 0 aliphatic carbocycles. The lowest BCUT2D eigenvalue weighted by Crippen LogP contribution is -2.54.